The van der Waals surface area contributed by atoms with Gasteiger partial charge in [0.05, 0.1) is 6.10 Å². The van der Waals surface area contributed by atoms with E-state index in [-0.39, 0.29) is 0 Å². The largest absolute Gasteiger partial charge is 0.378 e. The fourth-order valence-corrected chi connectivity index (χ4v) is 2.74. The van der Waals surface area contributed by atoms with Crippen molar-refractivity contribution in [2.45, 2.75) is 44.8 Å². The molecule has 1 saturated heterocycles. The van der Waals surface area contributed by atoms with Crippen molar-refractivity contribution in [2.75, 3.05) is 6.61 Å². The zero-order valence-corrected chi connectivity index (χ0v) is 7.18. The molecule has 0 radical (unpaired) electrons. The van der Waals surface area contributed by atoms with Crippen LogP contribution < -0.4 is 5.73 Å². The molecule has 0 aromatic heterocycles. The molecule has 2 fully saturated rings. The molecular weight excluding hydrogens is 138 g/mol. The first-order valence-electron chi connectivity index (χ1n) is 4.63. The molecule has 11 heavy (non-hydrogen) atoms. The number of hydrogen-bond donors (Lipinski definition) is 1. The summed E-state index contributed by atoms with van der Waals surface area (Å²) in [6.07, 6.45) is 5.51. The van der Waals surface area contributed by atoms with Crippen LogP contribution in [0.1, 0.15) is 32.6 Å². The van der Waals surface area contributed by atoms with Gasteiger partial charge in [-0.15, -0.1) is 0 Å². The second-order valence-corrected chi connectivity index (χ2v) is 4.02. The Balaban J connectivity index is 2.20. The average Bonchev–Trinajstić information content (AvgIpc) is 2.40. The van der Waals surface area contributed by atoms with Gasteiger partial charge in [-0.25, -0.2) is 0 Å². The highest BCUT2D eigenvalue weighted by Gasteiger charge is 2.49. The van der Waals surface area contributed by atoms with Gasteiger partial charge in [0.2, 0.25) is 0 Å². The monoisotopic (exact) mass is 155 g/mol. The molecule has 0 bridgehead atoms. The predicted octanol–water partition coefficient (Wildman–Crippen LogP) is 1.29. The summed E-state index contributed by atoms with van der Waals surface area (Å²) in [5.41, 5.74) is 6.35. The van der Waals surface area contributed by atoms with E-state index in [0.29, 0.717) is 17.6 Å². The van der Waals surface area contributed by atoms with E-state index < -0.39 is 0 Å². The highest BCUT2D eigenvalue weighted by Crippen LogP contribution is 2.48. The maximum Gasteiger partial charge on any atom is 0.0646 e. The van der Waals surface area contributed by atoms with Gasteiger partial charge >= 0.3 is 0 Å². The Kier molecular flexibility index (Phi) is 1.69. The van der Waals surface area contributed by atoms with Crippen LogP contribution in [0.25, 0.3) is 0 Å². The summed E-state index contributed by atoms with van der Waals surface area (Å²) in [7, 11) is 0. The van der Waals surface area contributed by atoms with Crippen LogP contribution in [-0.2, 0) is 4.74 Å². The molecule has 1 unspecified atom stereocenters. The smallest absolute Gasteiger partial charge is 0.0646 e. The van der Waals surface area contributed by atoms with Crippen LogP contribution in [-0.4, -0.2) is 18.8 Å². The Bertz CT molecular complexity index is 146. The standard InChI is InChI=1S/C9H17NO/c1-7(10)9-4-2-3-8(9)11-6-5-9/h7-8H,2-6,10H2,1H3/t7-,8+,9?/m0/s1. The van der Waals surface area contributed by atoms with Gasteiger partial charge in [-0.1, -0.05) is 6.42 Å². The van der Waals surface area contributed by atoms with Gasteiger partial charge in [-0.2, -0.15) is 0 Å². The van der Waals surface area contributed by atoms with Gasteiger partial charge in [0, 0.05) is 18.1 Å². The van der Waals surface area contributed by atoms with Crippen molar-refractivity contribution in [2.24, 2.45) is 11.1 Å². The van der Waals surface area contributed by atoms with Crippen LogP contribution >= 0.6 is 0 Å². The van der Waals surface area contributed by atoms with E-state index in [1.807, 2.05) is 0 Å². The molecule has 1 aliphatic heterocycles. The topological polar surface area (TPSA) is 35.2 Å². The van der Waals surface area contributed by atoms with Crippen molar-refractivity contribution in [3.05, 3.63) is 0 Å². The first kappa shape index (κ1) is 7.56. The molecule has 2 N–H and O–H groups in total. The van der Waals surface area contributed by atoms with E-state index in [1.165, 1.54) is 25.7 Å². The lowest BCUT2D eigenvalue weighted by Gasteiger charge is -2.31. The van der Waals surface area contributed by atoms with Gasteiger partial charge in [0.15, 0.2) is 0 Å². The number of fused-ring (bicyclic) bond motifs is 1. The molecule has 2 aliphatic rings. The lowest BCUT2D eigenvalue weighted by atomic mass is 9.77. The van der Waals surface area contributed by atoms with Gasteiger partial charge in [-0.05, 0) is 26.2 Å². The van der Waals surface area contributed by atoms with E-state index in [9.17, 15) is 0 Å². The van der Waals surface area contributed by atoms with Crippen LogP contribution in [0.15, 0.2) is 0 Å². The molecule has 2 nitrogen and oxygen atoms in total. The van der Waals surface area contributed by atoms with E-state index in [2.05, 4.69) is 6.92 Å². The molecule has 1 heterocycles. The Hall–Kier alpha value is -0.0800. The maximum atomic E-state index is 5.99. The molecule has 1 aliphatic carbocycles. The van der Waals surface area contributed by atoms with Crippen LogP contribution in [0, 0.1) is 5.41 Å². The highest BCUT2D eigenvalue weighted by molar-refractivity contribution is 5.01. The van der Waals surface area contributed by atoms with Crippen LogP contribution in [0.4, 0.5) is 0 Å². The number of ether oxygens (including phenoxy) is 1. The number of hydrogen-bond acceptors (Lipinski definition) is 2. The van der Waals surface area contributed by atoms with Gasteiger partial charge in [-0.3, -0.25) is 0 Å². The molecule has 0 aromatic carbocycles. The third-order valence-electron chi connectivity index (χ3n) is 3.54. The molecule has 2 heteroatoms. The van der Waals surface area contributed by atoms with Crippen molar-refractivity contribution >= 4 is 0 Å². The number of rotatable bonds is 1. The third kappa shape index (κ3) is 0.926. The van der Waals surface area contributed by atoms with E-state index >= 15 is 0 Å². The maximum absolute atomic E-state index is 5.99. The summed E-state index contributed by atoms with van der Waals surface area (Å²) < 4.78 is 5.66. The Morgan fingerprint density at radius 1 is 1.55 bits per heavy atom. The molecule has 1 saturated carbocycles. The summed E-state index contributed by atoms with van der Waals surface area (Å²) in [6.45, 7) is 3.07. The third-order valence-corrected chi connectivity index (χ3v) is 3.54. The Morgan fingerprint density at radius 2 is 2.36 bits per heavy atom. The second-order valence-electron chi connectivity index (χ2n) is 4.02. The molecule has 3 atom stereocenters. The van der Waals surface area contributed by atoms with Crippen molar-refractivity contribution in [1.29, 1.82) is 0 Å². The molecular formula is C9H17NO. The summed E-state index contributed by atoms with van der Waals surface area (Å²) in [5.74, 6) is 0. The average molecular weight is 155 g/mol. The first-order valence-corrected chi connectivity index (χ1v) is 4.63. The van der Waals surface area contributed by atoms with Gasteiger partial charge in [0.1, 0.15) is 0 Å². The SMILES string of the molecule is C[C@H](N)C12CCC[C@H]1OCC2. The number of nitrogens with two attached hydrogens (primary N) is 1. The summed E-state index contributed by atoms with van der Waals surface area (Å²) >= 11 is 0. The lowest BCUT2D eigenvalue weighted by Crippen LogP contribution is -2.42. The van der Waals surface area contributed by atoms with Crippen LogP contribution in [0.5, 0.6) is 0 Å². The van der Waals surface area contributed by atoms with Crippen molar-refractivity contribution in [3.8, 4) is 0 Å². The van der Waals surface area contributed by atoms with Gasteiger partial charge < -0.3 is 10.5 Å². The molecule has 0 aromatic rings. The minimum Gasteiger partial charge on any atom is -0.378 e. The van der Waals surface area contributed by atoms with E-state index in [1.54, 1.807) is 0 Å². The van der Waals surface area contributed by atoms with E-state index in [4.69, 9.17) is 10.5 Å². The summed E-state index contributed by atoms with van der Waals surface area (Å²) in [5, 5.41) is 0. The lowest BCUT2D eigenvalue weighted by molar-refractivity contribution is 0.0611. The van der Waals surface area contributed by atoms with Gasteiger partial charge in [0.25, 0.3) is 0 Å². The van der Waals surface area contributed by atoms with E-state index in [0.717, 1.165) is 6.61 Å². The predicted molar refractivity (Wildman–Crippen MR) is 44.3 cm³/mol. The van der Waals surface area contributed by atoms with Crippen molar-refractivity contribution in [1.82, 2.24) is 0 Å². The minimum atomic E-state index is 0.317. The van der Waals surface area contributed by atoms with Crippen LogP contribution in [0.3, 0.4) is 0 Å². The van der Waals surface area contributed by atoms with Crippen molar-refractivity contribution < 1.29 is 4.74 Å². The first-order chi connectivity index (χ1) is 5.26. The fraction of sp³-hybridized carbons (Fsp3) is 1.00. The Labute approximate surface area is 68.1 Å². The van der Waals surface area contributed by atoms with Crippen LogP contribution in [0.2, 0.25) is 0 Å². The molecule has 0 spiro atoms. The normalized spacial score (nSPS) is 45.8. The zero-order chi connectivity index (χ0) is 7.90. The molecule has 2 rings (SSSR count). The Morgan fingerprint density at radius 3 is 3.00 bits per heavy atom. The van der Waals surface area contributed by atoms with Crippen molar-refractivity contribution in [3.63, 3.8) is 0 Å². The minimum absolute atomic E-state index is 0.317. The highest BCUT2D eigenvalue weighted by atomic mass is 16.5. The quantitative estimate of drug-likeness (QED) is 0.619. The summed E-state index contributed by atoms with van der Waals surface area (Å²) in [4.78, 5) is 0. The summed E-state index contributed by atoms with van der Waals surface area (Å²) in [6, 6.07) is 0.317. The second kappa shape index (κ2) is 2.46. The molecule has 0 amide bonds. The molecule has 64 valence electrons. The fourth-order valence-electron chi connectivity index (χ4n) is 2.74. The zero-order valence-electron chi connectivity index (χ0n) is 7.18.